The van der Waals surface area contributed by atoms with Gasteiger partial charge in [-0.05, 0) is 19.3 Å². The van der Waals surface area contributed by atoms with Crippen LogP contribution >= 0.6 is 0 Å². The van der Waals surface area contributed by atoms with Gasteiger partial charge in [0.25, 0.3) is 0 Å². The zero-order chi connectivity index (χ0) is 10.2. The molecule has 5 nitrogen and oxygen atoms in total. The van der Waals surface area contributed by atoms with E-state index in [1.807, 2.05) is 4.57 Å². The van der Waals surface area contributed by atoms with Crippen molar-refractivity contribution in [1.29, 1.82) is 0 Å². The highest BCUT2D eigenvalue weighted by atomic mass is 16.5. The van der Waals surface area contributed by atoms with E-state index in [4.69, 9.17) is 9.84 Å². The molecule has 0 fully saturated rings. The van der Waals surface area contributed by atoms with Crippen molar-refractivity contribution in [2.45, 2.75) is 32.4 Å². The third-order valence-electron chi connectivity index (χ3n) is 2.08. The maximum atomic E-state index is 8.90. The van der Waals surface area contributed by atoms with Crippen molar-refractivity contribution in [1.82, 2.24) is 14.8 Å². The van der Waals surface area contributed by atoms with Gasteiger partial charge < -0.3 is 14.4 Å². The summed E-state index contributed by atoms with van der Waals surface area (Å²) in [6, 6.07) is 0. The van der Waals surface area contributed by atoms with Crippen LogP contribution in [0.4, 0.5) is 0 Å². The Labute approximate surface area is 83.7 Å². The summed E-state index contributed by atoms with van der Waals surface area (Å²) in [5, 5.41) is 16.4. The van der Waals surface area contributed by atoms with Crippen molar-refractivity contribution in [3.05, 3.63) is 12.2 Å². The van der Waals surface area contributed by atoms with Gasteiger partial charge >= 0.3 is 0 Å². The number of aryl methyl sites for hydroxylation is 1. The topological polar surface area (TPSA) is 60.2 Å². The Morgan fingerprint density at radius 2 is 2.29 bits per heavy atom. The fraction of sp³-hybridized carbons (Fsp3) is 0.778. The van der Waals surface area contributed by atoms with Crippen LogP contribution in [0.1, 0.15) is 25.1 Å². The lowest BCUT2D eigenvalue weighted by Gasteiger charge is -2.04. The van der Waals surface area contributed by atoms with Crippen molar-refractivity contribution in [3.63, 3.8) is 0 Å². The third-order valence-corrected chi connectivity index (χ3v) is 2.08. The lowest BCUT2D eigenvalue weighted by molar-refractivity contribution is 0.191. The lowest BCUT2D eigenvalue weighted by atomic mass is 10.2. The van der Waals surface area contributed by atoms with Gasteiger partial charge in [0.1, 0.15) is 12.9 Å². The molecule has 5 heteroatoms. The van der Waals surface area contributed by atoms with Gasteiger partial charge in [0.15, 0.2) is 5.82 Å². The first kappa shape index (κ1) is 11.1. The van der Waals surface area contributed by atoms with E-state index in [1.165, 1.54) is 0 Å². The minimum atomic E-state index is -0.0436. The molecule has 0 aliphatic heterocycles. The van der Waals surface area contributed by atoms with Crippen molar-refractivity contribution in [3.8, 4) is 0 Å². The van der Waals surface area contributed by atoms with Gasteiger partial charge in [-0.15, -0.1) is 10.2 Å². The SMILES string of the molecule is COCCCCCn1cnnc1CO. The van der Waals surface area contributed by atoms with Crippen LogP contribution in [0.25, 0.3) is 0 Å². The molecule has 1 aromatic heterocycles. The second-order valence-corrected chi connectivity index (χ2v) is 3.15. The van der Waals surface area contributed by atoms with Crippen LogP contribution in [-0.2, 0) is 17.9 Å². The quantitative estimate of drug-likeness (QED) is 0.653. The molecule has 1 rings (SSSR count). The molecule has 0 aliphatic carbocycles. The number of nitrogens with zero attached hydrogens (tertiary/aromatic N) is 3. The Hall–Kier alpha value is -0.940. The Bertz CT molecular complexity index is 250. The van der Waals surface area contributed by atoms with Crippen LogP contribution in [0.2, 0.25) is 0 Å². The number of hydrogen-bond donors (Lipinski definition) is 1. The molecule has 0 amide bonds. The molecule has 0 radical (unpaired) electrons. The Balaban J connectivity index is 2.17. The van der Waals surface area contributed by atoms with Crippen molar-refractivity contribution in [2.24, 2.45) is 0 Å². The normalized spacial score (nSPS) is 10.7. The largest absolute Gasteiger partial charge is 0.388 e. The molecule has 14 heavy (non-hydrogen) atoms. The van der Waals surface area contributed by atoms with Crippen molar-refractivity contribution in [2.75, 3.05) is 13.7 Å². The molecule has 1 heterocycles. The summed E-state index contributed by atoms with van der Waals surface area (Å²) in [5.74, 6) is 0.636. The summed E-state index contributed by atoms with van der Waals surface area (Å²) in [6.07, 6.45) is 4.92. The van der Waals surface area contributed by atoms with Gasteiger partial charge in [-0.2, -0.15) is 0 Å². The molecule has 0 unspecified atom stereocenters. The van der Waals surface area contributed by atoms with Crippen LogP contribution in [0.5, 0.6) is 0 Å². The molecule has 0 saturated carbocycles. The van der Waals surface area contributed by atoms with Gasteiger partial charge in [-0.3, -0.25) is 0 Å². The van der Waals surface area contributed by atoms with Crippen LogP contribution < -0.4 is 0 Å². The predicted molar refractivity (Wildman–Crippen MR) is 51.7 cm³/mol. The first-order valence-corrected chi connectivity index (χ1v) is 4.85. The van der Waals surface area contributed by atoms with Crippen molar-refractivity contribution >= 4 is 0 Å². The second-order valence-electron chi connectivity index (χ2n) is 3.15. The number of aromatic nitrogens is 3. The van der Waals surface area contributed by atoms with E-state index in [1.54, 1.807) is 13.4 Å². The van der Waals surface area contributed by atoms with E-state index in [2.05, 4.69) is 10.2 Å². The lowest BCUT2D eigenvalue weighted by Crippen LogP contribution is -2.03. The number of ether oxygens (including phenoxy) is 1. The number of methoxy groups -OCH3 is 1. The van der Waals surface area contributed by atoms with E-state index >= 15 is 0 Å². The first-order chi connectivity index (χ1) is 6.88. The number of aliphatic hydroxyl groups excluding tert-OH is 1. The molecule has 0 atom stereocenters. The van der Waals surface area contributed by atoms with Crippen LogP contribution in [0.15, 0.2) is 6.33 Å². The van der Waals surface area contributed by atoms with Crippen LogP contribution in [0.3, 0.4) is 0 Å². The number of hydrogen-bond acceptors (Lipinski definition) is 4. The fourth-order valence-corrected chi connectivity index (χ4v) is 1.29. The van der Waals surface area contributed by atoms with Gasteiger partial charge in [0, 0.05) is 20.3 Å². The molecule has 0 bridgehead atoms. The summed E-state index contributed by atoms with van der Waals surface area (Å²) in [5.41, 5.74) is 0. The second kappa shape index (κ2) is 6.50. The van der Waals surface area contributed by atoms with E-state index in [0.29, 0.717) is 5.82 Å². The monoisotopic (exact) mass is 199 g/mol. The van der Waals surface area contributed by atoms with Crippen LogP contribution in [-0.4, -0.2) is 33.6 Å². The van der Waals surface area contributed by atoms with Crippen LogP contribution in [0, 0.1) is 0 Å². The standard InChI is InChI=1S/C9H17N3O2/c1-14-6-4-2-3-5-12-8-10-11-9(12)7-13/h8,13H,2-7H2,1H3. The summed E-state index contributed by atoms with van der Waals surface area (Å²) in [6.45, 7) is 1.64. The van der Waals surface area contributed by atoms with Gasteiger partial charge in [0.05, 0.1) is 0 Å². The van der Waals surface area contributed by atoms with Gasteiger partial charge in [0.2, 0.25) is 0 Å². The highest BCUT2D eigenvalue weighted by Crippen LogP contribution is 2.01. The molecule has 0 aliphatic rings. The molecular weight excluding hydrogens is 182 g/mol. The average molecular weight is 199 g/mol. The summed E-state index contributed by atoms with van der Waals surface area (Å²) >= 11 is 0. The number of aliphatic hydroxyl groups is 1. The van der Waals surface area contributed by atoms with Crippen molar-refractivity contribution < 1.29 is 9.84 Å². The Kier molecular flexibility index (Phi) is 5.17. The maximum absolute atomic E-state index is 8.90. The average Bonchev–Trinajstić information content (AvgIpc) is 2.65. The van der Waals surface area contributed by atoms with E-state index in [0.717, 1.165) is 32.4 Å². The zero-order valence-corrected chi connectivity index (χ0v) is 8.52. The zero-order valence-electron chi connectivity index (χ0n) is 8.52. The number of unbranched alkanes of at least 4 members (excludes halogenated alkanes) is 2. The summed E-state index contributed by atoms with van der Waals surface area (Å²) < 4.78 is 6.83. The van der Waals surface area contributed by atoms with Gasteiger partial charge in [-0.1, -0.05) is 0 Å². The summed E-state index contributed by atoms with van der Waals surface area (Å²) in [7, 11) is 1.71. The third kappa shape index (κ3) is 3.43. The minimum Gasteiger partial charge on any atom is -0.388 e. The molecule has 1 N–H and O–H groups in total. The Morgan fingerprint density at radius 3 is 3.00 bits per heavy atom. The highest BCUT2D eigenvalue weighted by Gasteiger charge is 2.00. The Morgan fingerprint density at radius 1 is 1.43 bits per heavy atom. The molecule has 80 valence electrons. The number of rotatable bonds is 7. The fourth-order valence-electron chi connectivity index (χ4n) is 1.29. The molecule has 0 saturated heterocycles. The molecular formula is C9H17N3O2. The van der Waals surface area contributed by atoms with E-state index < -0.39 is 0 Å². The smallest absolute Gasteiger partial charge is 0.158 e. The van der Waals surface area contributed by atoms with E-state index in [9.17, 15) is 0 Å². The molecule has 1 aromatic rings. The van der Waals surface area contributed by atoms with Gasteiger partial charge in [-0.25, -0.2) is 0 Å². The predicted octanol–water partition coefficient (Wildman–Crippen LogP) is 0.587. The highest BCUT2D eigenvalue weighted by molar-refractivity contribution is 4.81. The van der Waals surface area contributed by atoms with E-state index in [-0.39, 0.29) is 6.61 Å². The minimum absolute atomic E-state index is 0.0436. The maximum Gasteiger partial charge on any atom is 0.158 e. The molecule has 0 spiro atoms. The summed E-state index contributed by atoms with van der Waals surface area (Å²) in [4.78, 5) is 0. The first-order valence-electron chi connectivity index (χ1n) is 4.85. The molecule has 0 aromatic carbocycles.